The van der Waals surface area contributed by atoms with Gasteiger partial charge in [0.25, 0.3) is 0 Å². The second kappa shape index (κ2) is 5.17. The molecule has 2 saturated carbocycles. The van der Waals surface area contributed by atoms with Gasteiger partial charge in [0.15, 0.2) is 0 Å². The van der Waals surface area contributed by atoms with Crippen LogP contribution in [0.4, 0.5) is 0 Å². The van der Waals surface area contributed by atoms with Crippen molar-refractivity contribution in [1.29, 1.82) is 0 Å². The molecule has 1 aromatic heterocycles. The number of aromatic nitrogens is 1. The Labute approximate surface area is 121 Å². The van der Waals surface area contributed by atoms with E-state index in [0.717, 1.165) is 6.04 Å². The van der Waals surface area contributed by atoms with Crippen molar-refractivity contribution >= 4 is 11.3 Å². The van der Waals surface area contributed by atoms with Crippen molar-refractivity contribution in [3.8, 4) is 0 Å². The number of thiazole rings is 1. The molecule has 0 aliphatic heterocycles. The Morgan fingerprint density at radius 1 is 1.21 bits per heavy atom. The van der Waals surface area contributed by atoms with Crippen molar-refractivity contribution in [3.63, 3.8) is 0 Å². The molecule has 2 fully saturated rings. The number of hydrogen-bond acceptors (Lipinski definition) is 3. The van der Waals surface area contributed by atoms with Gasteiger partial charge in [0.1, 0.15) is 0 Å². The highest BCUT2D eigenvalue weighted by molar-refractivity contribution is 7.11. The van der Waals surface area contributed by atoms with Crippen molar-refractivity contribution in [1.82, 2.24) is 10.3 Å². The summed E-state index contributed by atoms with van der Waals surface area (Å²) in [7, 11) is 0. The first kappa shape index (κ1) is 13.6. The largest absolute Gasteiger partial charge is 0.306 e. The zero-order valence-electron chi connectivity index (χ0n) is 12.5. The molecule has 0 aromatic carbocycles. The quantitative estimate of drug-likeness (QED) is 0.879. The fraction of sp³-hybridized carbons (Fsp3) is 0.812. The molecule has 2 aliphatic rings. The highest BCUT2D eigenvalue weighted by atomic mass is 32.1. The van der Waals surface area contributed by atoms with Crippen LogP contribution in [0.15, 0.2) is 0 Å². The summed E-state index contributed by atoms with van der Waals surface area (Å²) in [6.07, 6.45) is 10.1. The van der Waals surface area contributed by atoms with Crippen LogP contribution in [0, 0.1) is 19.3 Å². The number of aryl methyl sites for hydroxylation is 2. The minimum atomic E-state index is 0.468. The van der Waals surface area contributed by atoms with Gasteiger partial charge >= 0.3 is 0 Å². The number of hydrogen-bond donors (Lipinski definition) is 1. The van der Waals surface area contributed by atoms with E-state index in [1.54, 1.807) is 0 Å². The summed E-state index contributed by atoms with van der Waals surface area (Å²) in [5.41, 5.74) is 1.87. The van der Waals surface area contributed by atoms with Crippen LogP contribution in [-0.2, 0) is 0 Å². The molecule has 1 spiro atoms. The van der Waals surface area contributed by atoms with E-state index >= 15 is 0 Å². The van der Waals surface area contributed by atoms with Crippen LogP contribution in [0.3, 0.4) is 0 Å². The molecule has 3 heteroatoms. The van der Waals surface area contributed by atoms with E-state index < -0.39 is 0 Å². The molecule has 0 bridgehead atoms. The maximum Gasteiger partial charge on any atom is 0.0900 e. The summed E-state index contributed by atoms with van der Waals surface area (Å²) in [6.45, 7) is 6.57. The highest BCUT2D eigenvalue weighted by Crippen LogP contribution is 2.52. The maximum atomic E-state index is 4.57. The van der Waals surface area contributed by atoms with Crippen LogP contribution in [0.5, 0.6) is 0 Å². The summed E-state index contributed by atoms with van der Waals surface area (Å²) >= 11 is 1.86. The summed E-state index contributed by atoms with van der Waals surface area (Å²) in [4.78, 5) is 6.01. The molecule has 0 saturated heterocycles. The van der Waals surface area contributed by atoms with E-state index in [4.69, 9.17) is 0 Å². The first-order valence-corrected chi connectivity index (χ1v) is 8.62. The summed E-state index contributed by atoms with van der Waals surface area (Å²) in [5, 5.41) is 5.11. The van der Waals surface area contributed by atoms with Crippen LogP contribution in [0.2, 0.25) is 0 Å². The minimum absolute atomic E-state index is 0.468. The molecule has 19 heavy (non-hydrogen) atoms. The average Bonchev–Trinajstić information content (AvgIpc) is 2.74. The summed E-state index contributed by atoms with van der Waals surface area (Å²) in [5.74, 6) is 0. The molecule has 0 radical (unpaired) electrons. The molecule has 1 heterocycles. The van der Waals surface area contributed by atoms with Crippen molar-refractivity contribution in [2.75, 3.05) is 0 Å². The minimum Gasteiger partial charge on any atom is -0.306 e. The number of nitrogens with one attached hydrogen (secondary N) is 1. The van der Waals surface area contributed by atoms with Crippen molar-refractivity contribution < 1.29 is 0 Å². The van der Waals surface area contributed by atoms with Crippen LogP contribution < -0.4 is 5.32 Å². The van der Waals surface area contributed by atoms with Crippen molar-refractivity contribution in [3.05, 3.63) is 15.6 Å². The average molecular weight is 278 g/mol. The lowest BCUT2D eigenvalue weighted by Crippen LogP contribution is -2.54. The normalized spacial score (nSPS) is 27.2. The molecule has 3 rings (SSSR count). The van der Waals surface area contributed by atoms with Gasteiger partial charge in [-0.15, -0.1) is 11.3 Å². The Hall–Kier alpha value is -0.410. The lowest BCUT2D eigenvalue weighted by atomic mass is 9.57. The summed E-state index contributed by atoms with van der Waals surface area (Å²) in [6, 6.07) is 1.22. The standard InChI is InChI=1S/C16H26N2S/c1-11-15(19-13(3)17-11)12(2)18-14-7-10-16(14)8-5-4-6-9-16/h12,14,18H,4-10H2,1-3H3. The van der Waals surface area contributed by atoms with Crippen molar-refractivity contribution in [2.45, 2.75) is 77.8 Å². The highest BCUT2D eigenvalue weighted by Gasteiger charge is 2.47. The van der Waals surface area contributed by atoms with Gasteiger partial charge in [-0.05, 0) is 51.9 Å². The van der Waals surface area contributed by atoms with E-state index in [9.17, 15) is 0 Å². The Morgan fingerprint density at radius 3 is 2.47 bits per heavy atom. The van der Waals surface area contributed by atoms with Gasteiger partial charge in [0, 0.05) is 17.0 Å². The molecule has 2 nitrogen and oxygen atoms in total. The van der Waals surface area contributed by atoms with Gasteiger partial charge in [0.2, 0.25) is 0 Å². The molecular formula is C16H26N2S. The molecule has 1 N–H and O–H groups in total. The van der Waals surface area contributed by atoms with Crippen LogP contribution >= 0.6 is 11.3 Å². The van der Waals surface area contributed by atoms with E-state index in [1.165, 1.54) is 60.5 Å². The maximum absolute atomic E-state index is 4.57. The Kier molecular flexibility index (Phi) is 3.69. The van der Waals surface area contributed by atoms with Gasteiger partial charge < -0.3 is 5.32 Å². The van der Waals surface area contributed by atoms with E-state index in [1.807, 2.05) is 11.3 Å². The van der Waals surface area contributed by atoms with Gasteiger partial charge in [-0.25, -0.2) is 4.98 Å². The second-order valence-electron chi connectivity index (χ2n) is 6.59. The molecular weight excluding hydrogens is 252 g/mol. The van der Waals surface area contributed by atoms with Crippen LogP contribution in [0.1, 0.15) is 73.5 Å². The zero-order valence-corrected chi connectivity index (χ0v) is 13.3. The predicted octanol–water partition coefficient (Wildman–Crippen LogP) is 4.52. The molecule has 106 valence electrons. The molecule has 2 atom stereocenters. The molecule has 2 aliphatic carbocycles. The number of nitrogens with zero attached hydrogens (tertiary/aromatic N) is 1. The van der Waals surface area contributed by atoms with E-state index in [-0.39, 0.29) is 0 Å². The fourth-order valence-corrected chi connectivity index (χ4v) is 5.08. The van der Waals surface area contributed by atoms with E-state index in [2.05, 4.69) is 31.1 Å². The molecule has 2 unspecified atom stereocenters. The van der Waals surface area contributed by atoms with Crippen LogP contribution in [0.25, 0.3) is 0 Å². The predicted molar refractivity (Wildman–Crippen MR) is 81.7 cm³/mol. The topological polar surface area (TPSA) is 24.9 Å². The molecule has 0 amide bonds. The first-order valence-electron chi connectivity index (χ1n) is 7.81. The third kappa shape index (κ3) is 2.47. The Bertz CT molecular complexity index is 446. The van der Waals surface area contributed by atoms with Gasteiger partial charge in [-0.3, -0.25) is 0 Å². The van der Waals surface area contributed by atoms with Gasteiger partial charge in [-0.2, -0.15) is 0 Å². The SMILES string of the molecule is Cc1nc(C)c(C(C)NC2CCC23CCCCC3)s1. The molecule has 1 aromatic rings. The lowest BCUT2D eigenvalue weighted by Gasteiger charge is -2.53. The summed E-state index contributed by atoms with van der Waals surface area (Å²) < 4.78 is 0. The Balaban J connectivity index is 1.66. The Morgan fingerprint density at radius 2 is 1.95 bits per heavy atom. The van der Waals surface area contributed by atoms with Gasteiger partial charge in [-0.1, -0.05) is 19.3 Å². The monoisotopic (exact) mass is 278 g/mol. The van der Waals surface area contributed by atoms with Crippen LogP contribution in [-0.4, -0.2) is 11.0 Å². The van der Waals surface area contributed by atoms with Gasteiger partial charge in [0.05, 0.1) is 10.7 Å². The van der Waals surface area contributed by atoms with Crippen molar-refractivity contribution in [2.24, 2.45) is 5.41 Å². The third-order valence-corrected chi connectivity index (χ3v) is 6.56. The second-order valence-corrected chi connectivity index (χ2v) is 7.82. The third-order valence-electron chi connectivity index (χ3n) is 5.30. The first-order chi connectivity index (χ1) is 9.11. The smallest absolute Gasteiger partial charge is 0.0900 e. The lowest BCUT2D eigenvalue weighted by molar-refractivity contribution is 0.0176. The van der Waals surface area contributed by atoms with E-state index in [0.29, 0.717) is 11.5 Å². The number of rotatable bonds is 3. The fourth-order valence-electron chi connectivity index (χ4n) is 4.14. The zero-order chi connectivity index (χ0) is 13.5.